The minimum Gasteiger partial charge on any atom is -0.381 e. The van der Waals surface area contributed by atoms with E-state index in [9.17, 15) is 10.1 Å². The van der Waals surface area contributed by atoms with Crippen LogP contribution in [-0.2, 0) is 14.3 Å². The molecule has 1 amide bonds. The van der Waals surface area contributed by atoms with Gasteiger partial charge in [0.15, 0.2) is 0 Å². The summed E-state index contributed by atoms with van der Waals surface area (Å²) in [6.45, 7) is 5.28. The van der Waals surface area contributed by atoms with E-state index < -0.39 is 5.41 Å². The summed E-state index contributed by atoms with van der Waals surface area (Å²) in [5, 5.41) is 12.3. The molecule has 0 unspecified atom stereocenters. The van der Waals surface area contributed by atoms with Gasteiger partial charge in [-0.2, -0.15) is 5.26 Å². The van der Waals surface area contributed by atoms with Gasteiger partial charge in [0.25, 0.3) is 0 Å². The van der Waals surface area contributed by atoms with Crippen molar-refractivity contribution in [1.29, 1.82) is 5.26 Å². The summed E-state index contributed by atoms with van der Waals surface area (Å²) in [7, 11) is 0. The van der Waals surface area contributed by atoms with Crippen LogP contribution in [0, 0.1) is 22.2 Å². The smallest absolute Gasteiger partial charge is 0.240 e. The van der Waals surface area contributed by atoms with Crippen molar-refractivity contribution in [2.24, 2.45) is 10.8 Å². The molecule has 0 saturated carbocycles. The van der Waals surface area contributed by atoms with E-state index in [0.717, 1.165) is 26.1 Å². The van der Waals surface area contributed by atoms with Crippen LogP contribution in [0.3, 0.4) is 0 Å². The fraction of sp³-hybridized carbons (Fsp3) is 0.857. The Hall–Kier alpha value is -1.12. The van der Waals surface area contributed by atoms with Gasteiger partial charge in [0.05, 0.1) is 6.07 Å². The second kappa shape index (κ2) is 5.89. The van der Waals surface area contributed by atoms with Gasteiger partial charge >= 0.3 is 0 Å². The predicted octanol–water partition coefficient (Wildman–Crippen LogP) is 1.24. The third kappa shape index (κ3) is 3.26. The molecule has 0 aromatic rings. The maximum absolute atomic E-state index is 12.3. The Morgan fingerprint density at radius 1 is 1.16 bits per heavy atom. The van der Waals surface area contributed by atoms with E-state index in [4.69, 9.17) is 9.47 Å². The zero-order valence-corrected chi connectivity index (χ0v) is 11.5. The maximum Gasteiger partial charge on any atom is 0.240 e. The zero-order valence-electron chi connectivity index (χ0n) is 11.5. The molecule has 5 heteroatoms. The molecule has 106 valence electrons. The normalized spacial score (nSPS) is 25.3. The molecule has 0 spiro atoms. The summed E-state index contributed by atoms with van der Waals surface area (Å²) in [5.41, 5.74) is -0.796. The van der Waals surface area contributed by atoms with Crippen LogP contribution in [0.4, 0.5) is 0 Å². The highest BCUT2D eigenvalue weighted by Gasteiger charge is 2.41. The van der Waals surface area contributed by atoms with E-state index in [-0.39, 0.29) is 11.3 Å². The summed E-state index contributed by atoms with van der Waals surface area (Å²) >= 11 is 0. The minimum absolute atomic E-state index is 0.0930. The molecule has 2 saturated heterocycles. The van der Waals surface area contributed by atoms with E-state index in [1.54, 1.807) is 0 Å². The molecule has 2 rings (SSSR count). The lowest BCUT2D eigenvalue weighted by atomic mass is 9.79. The Morgan fingerprint density at radius 2 is 1.68 bits per heavy atom. The number of hydrogen-bond donors (Lipinski definition) is 1. The summed E-state index contributed by atoms with van der Waals surface area (Å²) in [5.74, 6) is -0.133. The highest BCUT2D eigenvalue weighted by molar-refractivity contribution is 5.85. The molecule has 0 aromatic carbocycles. The third-order valence-corrected chi connectivity index (χ3v) is 4.37. The number of carbonyl (C=O) groups is 1. The molecular formula is C14H22N2O3. The van der Waals surface area contributed by atoms with Gasteiger partial charge in [0.2, 0.25) is 5.91 Å². The van der Waals surface area contributed by atoms with Crippen LogP contribution in [0.15, 0.2) is 0 Å². The van der Waals surface area contributed by atoms with Crippen molar-refractivity contribution in [3.63, 3.8) is 0 Å². The first-order valence-corrected chi connectivity index (χ1v) is 6.95. The number of ether oxygens (including phenoxy) is 2. The average Bonchev–Trinajstić information content (AvgIpc) is 2.46. The highest BCUT2D eigenvalue weighted by atomic mass is 16.5. The molecule has 2 aliphatic heterocycles. The molecule has 1 N–H and O–H groups in total. The summed E-state index contributed by atoms with van der Waals surface area (Å²) < 4.78 is 10.6. The SMILES string of the molecule is CC1(CNC(=O)C2(C#N)CCOCC2)CCOCC1. The number of nitriles is 1. The highest BCUT2D eigenvalue weighted by Crippen LogP contribution is 2.32. The number of nitrogens with one attached hydrogen (secondary N) is 1. The van der Waals surface area contributed by atoms with Gasteiger partial charge in [-0.15, -0.1) is 0 Å². The predicted molar refractivity (Wildman–Crippen MR) is 69.3 cm³/mol. The molecule has 2 aliphatic rings. The van der Waals surface area contributed by atoms with Gasteiger partial charge in [-0.25, -0.2) is 0 Å². The molecule has 2 heterocycles. The van der Waals surface area contributed by atoms with Gasteiger partial charge in [-0.05, 0) is 31.1 Å². The van der Waals surface area contributed by atoms with Crippen LogP contribution < -0.4 is 5.32 Å². The van der Waals surface area contributed by atoms with Crippen molar-refractivity contribution in [3.8, 4) is 6.07 Å². The number of rotatable bonds is 3. The van der Waals surface area contributed by atoms with Gasteiger partial charge in [0.1, 0.15) is 5.41 Å². The Morgan fingerprint density at radius 3 is 2.21 bits per heavy atom. The summed E-state index contributed by atoms with van der Waals surface area (Å²) in [6, 6.07) is 2.20. The molecule has 0 radical (unpaired) electrons. The van der Waals surface area contributed by atoms with Crippen LogP contribution >= 0.6 is 0 Å². The largest absolute Gasteiger partial charge is 0.381 e. The van der Waals surface area contributed by atoms with E-state index in [1.165, 1.54) is 0 Å². The fourth-order valence-corrected chi connectivity index (χ4v) is 2.61. The molecule has 2 fully saturated rings. The Kier molecular flexibility index (Phi) is 4.43. The lowest BCUT2D eigenvalue weighted by Gasteiger charge is -2.35. The topological polar surface area (TPSA) is 71.4 Å². The second-order valence-corrected chi connectivity index (χ2v) is 5.91. The molecule has 19 heavy (non-hydrogen) atoms. The monoisotopic (exact) mass is 266 g/mol. The van der Waals surface area contributed by atoms with Crippen molar-refractivity contribution in [3.05, 3.63) is 0 Å². The van der Waals surface area contributed by atoms with Crippen molar-refractivity contribution < 1.29 is 14.3 Å². The molecule has 0 bridgehead atoms. The Balaban J connectivity index is 1.91. The number of hydrogen-bond acceptors (Lipinski definition) is 4. The summed E-state index contributed by atoms with van der Waals surface area (Å²) in [6.07, 6.45) is 2.90. The van der Waals surface area contributed by atoms with Gasteiger partial charge in [-0.3, -0.25) is 4.79 Å². The van der Waals surface area contributed by atoms with Gasteiger partial charge in [-0.1, -0.05) is 6.92 Å². The van der Waals surface area contributed by atoms with E-state index in [1.807, 2.05) is 0 Å². The van der Waals surface area contributed by atoms with Crippen LogP contribution in [0.2, 0.25) is 0 Å². The minimum atomic E-state index is -0.889. The third-order valence-electron chi connectivity index (χ3n) is 4.37. The van der Waals surface area contributed by atoms with Crippen molar-refractivity contribution in [2.45, 2.75) is 32.6 Å². The Labute approximate surface area is 114 Å². The lowest BCUT2D eigenvalue weighted by Crippen LogP contribution is -2.47. The van der Waals surface area contributed by atoms with Crippen LogP contribution in [0.25, 0.3) is 0 Å². The van der Waals surface area contributed by atoms with E-state index in [2.05, 4.69) is 18.3 Å². The Bertz CT molecular complexity index is 363. The van der Waals surface area contributed by atoms with Crippen molar-refractivity contribution in [2.75, 3.05) is 33.0 Å². The standard InChI is InChI=1S/C14H22N2O3/c1-13(2-6-18-7-3-13)11-16-12(17)14(10-15)4-8-19-9-5-14/h2-9,11H2,1H3,(H,16,17). The molecule has 0 aromatic heterocycles. The summed E-state index contributed by atoms with van der Waals surface area (Å²) in [4.78, 5) is 12.3. The van der Waals surface area contributed by atoms with Crippen LogP contribution in [-0.4, -0.2) is 38.9 Å². The van der Waals surface area contributed by atoms with Gasteiger partial charge in [0, 0.05) is 33.0 Å². The first kappa shape index (κ1) is 14.3. The second-order valence-electron chi connectivity index (χ2n) is 5.91. The number of amides is 1. The van der Waals surface area contributed by atoms with Crippen molar-refractivity contribution >= 4 is 5.91 Å². The van der Waals surface area contributed by atoms with Crippen LogP contribution in [0.1, 0.15) is 32.6 Å². The first-order chi connectivity index (χ1) is 9.10. The van der Waals surface area contributed by atoms with Crippen LogP contribution in [0.5, 0.6) is 0 Å². The number of carbonyl (C=O) groups excluding carboxylic acids is 1. The molecular weight excluding hydrogens is 244 g/mol. The molecule has 0 aliphatic carbocycles. The maximum atomic E-state index is 12.3. The van der Waals surface area contributed by atoms with E-state index in [0.29, 0.717) is 32.6 Å². The molecule has 0 atom stereocenters. The fourth-order valence-electron chi connectivity index (χ4n) is 2.61. The van der Waals surface area contributed by atoms with E-state index >= 15 is 0 Å². The van der Waals surface area contributed by atoms with Crippen molar-refractivity contribution in [1.82, 2.24) is 5.32 Å². The quantitative estimate of drug-likeness (QED) is 0.834. The molecule has 5 nitrogen and oxygen atoms in total. The first-order valence-electron chi connectivity index (χ1n) is 6.95. The number of nitrogens with zero attached hydrogens (tertiary/aromatic N) is 1. The zero-order chi connectivity index (χ0) is 13.8. The average molecular weight is 266 g/mol. The van der Waals surface area contributed by atoms with Gasteiger partial charge < -0.3 is 14.8 Å². The lowest BCUT2D eigenvalue weighted by molar-refractivity contribution is -0.133.